The first kappa shape index (κ1) is 12.0. The summed E-state index contributed by atoms with van der Waals surface area (Å²) in [6.45, 7) is 0. The number of hydrogen-bond acceptors (Lipinski definition) is 2. The highest BCUT2D eigenvalue weighted by molar-refractivity contribution is 6.05. The Morgan fingerprint density at radius 3 is 2.32 bits per heavy atom. The number of fused-ring (bicyclic) bond motifs is 1. The van der Waals surface area contributed by atoms with E-state index in [1.807, 2.05) is 32.3 Å². The molecule has 1 unspecified atom stereocenters. The fourth-order valence-electron chi connectivity index (χ4n) is 2.71. The molecule has 0 bridgehead atoms. The van der Waals surface area contributed by atoms with Crippen molar-refractivity contribution < 1.29 is 4.79 Å². The molecular formula is C17H17NO. The zero-order chi connectivity index (χ0) is 13.4. The van der Waals surface area contributed by atoms with Gasteiger partial charge in [-0.3, -0.25) is 4.79 Å². The number of carbonyl (C=O) groups excluding carboxylic acids is 1. The molecular weight excluding hydrogens is 234 g/mol. The minimum Gasteiger partial charge on any atom is -0.378 e. The zero-order valence-corrected chi connectivity index (χ0v) is 11.3. The third-order valence-electron chi connectivity index (χ3n) is 3.84. The van der Waals surface area contributed by atoms with E-state index in [-0.39, 0.29) is 11.7 Å². The molecule has 0 radical (unpaired) electrons. The number of ketones is 1. The first-order chi connectivity index (χ1) is 9.16. The van der Waals surface area contributed by atoms with Gasteiger partial charge in [0.1, 0.15) is 0 Å². The maximum absolute atomic E-state index is 12.4. The molecule has 2 aromatic rings. The predicted octanol–water partition coefficient (Wildman–Crippen LogP) is 3.28. The first-order valence-corrected chi connectivity index (χ1v) is 6.56. The van der Waals surface area contributed by atoms with Crippen LogP contribution in [0.1, 0.15) is 27.4 Å². The van der Waals surface area contributed by atoms with Gasteiger partial charge in [-0.05, 0) is 29.7 Å². The average Bonchev–Trinajstić information content (AvgIpc) is 2.77. The van der Waals surface area contributed by atoms with Crippen molar-refractivity contribution >= 4 is 11.5 Å². The summed E-state index contributed by atoms with van der Waals surface area (Å²) in [6.07, 6.45) is 0.830. The standard InChI is InChI=1S/C17H17NO/c1-18(2)14-9-7-12(8-10-14)16-11-13-5-3-4-6-15(13)17(16)19/h3-10,16H,11H2,1-2H3. The highest BCUT2D eigenvalue weighted by Gasteiger charge is 2.30. The van der Waals surface area contributed by atoms with Crippen LogP contribution in [0.4, 0.5) is 5.69 Å². The van der Waals surface area contributed by atoms with E-state index in [2.05, 4.69) is 35.2 Å². The Hall–Kier alpha value is -2.09. The summed E-state index contributed by atoms with van der Waals surface area (Å²) in [5, 5.41) is 0. The van der Waals surface area contributed by atoms with Crippen molar-refractivity contribution in [3.8, 4) is 0 Å². The summed E-state index contributed by atoms with van der Waals surface area (Å²) in [7, 11) is 4.04. The van der Waals surface area contributed by atoms with Gasteiger partial charge in [-0.2, -0.15) is 0 Å². The zero-order valence-electron chi connectivity index (χ0n) is 11.3. The molecule has 0 heterocycles. The lowest BCUT2D eigenvalue weighted by Gasteiger charge is -2.14. The SMILES string of the molecule is CN(C)c1ccc(C2Cc3ccccc3C2=O)cc1. The summed E-state index contributed by atoms with van der Waals surface area (Å²) in [4.78, 5) is 14.5. The van der Waals surface area contributed by atoms with Gasteiger partial charge in [-0.15, -0.1) is 0 Å². The molecule has 2 heteroatoms. The average molecular weight is 251 g/mol. The van der Waals surface area contributed by atoms with E-state index in [0.29, 0.717) is 0 Å². The summed E-state index contributed by atoms with van der Waals surface area (Å²) in [5.74, 6) is 0.252. The number of rotatable bonds is 2. The fourth-order valence-corrected chi connectivity index (χ4v) is 2.71. The Morgan fingerprint density at radius 2 is 1.68 bits per heavy atom. The lowest BCUT2D eigenvalue weighted by atomic mass is 9.95. The van der Waals surface area contributed by atoms with Crippen LogP contribution in [0.5, 0.6) is 0 Å². The van der Waals surface area contributed by atoms with Crippen LogP contribution in [0.3, 0.4) is 0 Å². The fraction of sp³-hybridized carbons (Fsp3) is 0.235. The van der Waals surface area contributed by atoms with Gasteiger partial charge >= 0.3 is 0 Å². The van der Waals surface area contributed by atoms with E-state index in [1.54, 1.807) is 0 Å². The van der Waals surface area contributed by atoms with Crippen LogP contribution < -0.4 is 4.90 Å². The third-order valence-corrected chi connectivity index (χ3v) is 3.84. The highest BCUT2D eigenvalue weighted by Crippen LogP contribution is 2.34. The van der Waals surface area contributed by atoms with Gasteiger partial charge in [0.2, 0.25) is 0 Å². The lowest BCUT2D eigenvalue weighted by molar-refractivity contribution is 0.0973. The van der Waals surface area contributed by atoms with E-state index >= 15 is 0 Å². The lowest BCUT2D eigenvalue weighted by Crippen LogP contribution is -2.10. The van der Waals surface area contributed by atoms with Crippen LogP contribution in [0, 0.1) is 0 Å². The molecule has 0 aliphatic heterocycles. The maximum atomic E-state index is 12.4. The molecule has 1 aliphatic rings. The van der Waals surface area contributed by atoms with E-state index in [0.717, 1.165) is 23.2 Å². The second-order valence-electron chi connectivity index (χ2n) is 5.26. The molecule has 0 amide bonds. The number of hydrogen-bond donors (Lipinski definition) is 0. The molecule has 0 aromatic heterocycles. The number of Topliss-reactive ketones (excluding diaryl/α,β-unsaturated/α-hetero) is 1. The highest BCUT2D eigenvalue weighted by atomic mass is 16.1. The van der Waals surface area contributed by atoms with Gasteiger partial charge in [0.15, 0.2) is 5.78 Å². The molecule has 0 saturated carbocycles. The number of nitrogens with zero attached hydrogens (tertiary/aromatic N) is 1. The second kappa shape index (κ2) is 4.54. The van der Waals surface area contributed by atoms with E-state index in [9.17, 15) is 4.79 Å². The molecule has 1 aliphatic carbocycles. The Bertz CT molecular complexity index is 613. The van der Waals surface area contributed by atoms with Crippen LogP contribution in [0.15, 0.2) is 48.5 Å². The van der Waals surface area contributed by atoms with Crippen molar-refractivity contribution in [1.82, 2.24) is 0 Å². The monoisotopic (exact) mass is 251 g/mol. The van der Waals surface area contributed by atoms with Gasteiger partial charge in [-0.25, -0.2) is 0 Å². The number of anilines is 1. The Balaban J connectivity index is 1.91. The van der Waals surface area contributed by atoms with Crippen molar-refractivity contribution in [2.75, 3.05) is 19.0 Å². The van der Waals surface area contributed by atoms with E-state index in [4.69, 9.17) is 0 Å². The Kier molecular flexibility index (Phi) is 2.86. The number of benzene rings is 2. The molecule has 0 spiro atoms. The van der Waals surface area contributed by atoms with Gasteiger partial charge in [0.25, 0.3) is 0 Å². The summed E-state index contributed by atoms with van der Waals surface area (Å²) in [5.41, 5.74) is 4.34. The van der Waals surface area contributed by atoms with Crippen LogP contribution >= 0.6 is 0 Å². The minimum atomic E-state index is -0.00591. The van der Waals surface area contributed by atoms with Crippen molar-refractivity contribution in [1.29, 1.82) is 0 Å². The molecule has 2 aromatic carbocycles. The van der Waals surface area contributed by atoms with Crippen LogP contribution in [0.2, 0.25) is 0 Å². The molecule has 1 atom stereocenters. The van der Waals surface area contributed by atoms with Crippen LogP contribution in [0.25, 0.3) is 0 Å². The second-order valence-corrected chi connectivity index (χ2v) is 5.26. The van der Waals surface area contributed by atoms with E-state index < -0.39 is 0 Å². The van der Waals surface area contributed by atoms with Gasteiger partial charge in [-0.1, -0.05) is 36.4 Å². The Labute approximate surface area is 113 Å². The van der Waals surface area contributed by atoms with Crippen molar-refractivity contribution in [2.45, 2.75) is 12.3 Å². The van der Waals surface area contributed by atoms with Gasteiger partial charge in [0, 0.05) is 25.3 Å². The van der Waals surface area contributed by atoms with Crippen molar-refractivity contribution in [3.63, 3.8) is 0 Å². The molecule has 3 rings (SSSR count). The van der Waals surface area contributed by atoms with E-state index in [1.165, 1.54) is 5.56 Å². The van der Waals surface area contributed by atoms with Gasteiger partial charge in [0.05, 0.1) is 5.92 Å². The summed E-state index contributed by atoms with van der Waals surface area (Å²) >= 11 is 0. The van der Waals surface area contributed by atoms with Gasteiger partial charge < -0.3 is 4.90 Å². The van der Waals surface area contributed by atoms with Crippen LogP contribution in [-0.2, 0) is 6.42 Å². The smallest absolute Gasteiger partial charge is 0.170 e. The molecule has 0 fully saturated rings. The molecule has 2 nitrogen and oxygen atoms in total. The molecule has 19 heavy (non-hydrogen) atoms. The van der Waals surface area contributed by atoms with Crippen molar-refractivity contribution in [3.05, 3.63) is 65.2 Å². The topological polar surface area (TPSA) is 20.3 Å². The summed E-state index contributed by atoms with van der Waals surface area (Å²) < 4.78 is 0. The quantitative estimate of drug-likeness (QED) is 0.816. The predicted molar refractivity (Wildman–Crippen MR) is 78.0 cm³/mol. The molecule has 96 valence electrons. The molecule has 0 N–H and O–H groups in total. The largest absolute Gasteiger partial charge is 0.378 e. The molecule has 0 saturated heterocycles. The minimum absolute atomic E-state index is 0.00591. The maximum Gasteiger partial charge on any atom is 0.170 e. The van der Waals surface area contributed by atoms with Crippen molar-refractivity contribution in [2.24, 2.45) is 0 Å². The Morgan fingerprint density at radius 1 is 1.00 bits per heavy atom. The third kappa shape index (κ3) is 2.03. The number of carbonyl (C=O) groups is 1. The first-order valence-electron chi connectivity index (χ1n) is 6.56. The summed E-state index contributed by atoms with van der Waals surface area (Å²) in [6, 6.07) is 16.2. The van der Waals surface area contributed by atoms with Crippen LogP contribution in [-0.4, -0.2) is 19.9 Å². The normalized spacial score (nSPS) is 17.4.